The van der Waals surface area contributed by atoms with Gasteiger partial charge in [-0.1, -0.05) is 0 Å². The van der Waals surface area contributed by atoms with Gasteiger partial charge in [0, 0.05) is 36.6 Å². The van der Waals surface area contributed by atoms with Crippen molar-refractivity contribution in [3.05, 3.63) is 36.0 Å². The Balaban J connectivity index is 2.12. The molecule has 1 amide bonds. The molecule has 0 fully saturated rings. The molecule has 0 aliphatic rings. The Kier molecular flexibility index (Phi) is 4.71. The van der Waals surface area contributed by atoms with Crippen LogP contribution in [-0.4, -0.2) is 22.4 Å². The monoisotopic (exact) mass is 285 g/mol. The van der Waals surface area contributed by atoms with E-state index in [0.717, 1.165) is 29.4 Å². The Hall–Kier alpha value is -2.63. The maximum absolute atomic E-state index is 11.0. The Labute approximate surface area is 124 Å². The number of nitrogens with one attached hydrogen (secondary N) is 3. The number of benzene rings is 1. The number of amides is 1. The lowest BCUT2D eigenvalue weighted by Crippen LogP contribution is -2.06. The third-order valence-corrected chi connectivity index (χ3v) is 2.67. The van der Waals surface area contributed by atoms with Crippen LogP contribution in [0.4, 0.5) is 23.1 Å². The second-order valence-corrected chi connectivity index (χ2v) is 4.63. The van der Waals surface area contributed by atoms with Gasteiger partial charge in [0.25, 0.3) is 0 Å². The van der Waals surface area contributed by atoms with Gasteiger partial charge >= 0.3 is 0 Å². The first-order valence-corrected chi connectivity index (χ1v) is 6.81. The number of nitrogens with zero attached hydrogens (tertiary/aromatic N) is 2. The number of hydrogen-bond acceptors (Lipinski definition) is 5. The Morgan fingerprint density at radius 1 is 1.14 bits per heavy atom. The molecule has 0 aliphatic heterocycles. The standard InChI is InChI=1S/C15H19N5O/c1-4-16-15-17-10(2)9-14(20-15)19-13-7-5-12(6-8-13)18-11(3)21/h5-9H,4H2,1-3H3,(H,18,21)(H2,16,17,19,20). The number of carbonyl (C=O) groups is 1. The molecule has 2 aromatic rings. The molecule has 6 nitrogen and oxygen atoms in total. The fraction of sp³-hybridized carbons (Fsp3) is 0.267. The van der Waals surface area contributed by atoms with Crippen molar-refractivity contribution in [3.8, 4) is 0 Å². The minimum atomic E-state index is -0.0857. The van der Waals surface area contributed by atoms with E-state index in [9.17, 15) is 4.79 Å². The van der Waals surface area contributed by atoms with Gasteiger partial charge in [-0.3, -0.25) is 4.79 Å². The molecular weight excluding hydrogens is 266 g/mol. The fourth-order valence-electron chi connectivity index (χ4n) is 1.86. The summed E-state index contributed by atoms with van der Waals surface area (Å²) in [6.45, 7) is 6.18. The predicted molar refractivity (Wildman–Crippen MR) is 85.0 cm³/mol. The summed E-state index contributed by atoms with van der Waals surface area (Å²) >= 11 is 0. The number of carbonyl (C=O) groups excluding carboxylic acids is 1. The lowest BCUT2D eigenvalue weighted by Gasteiger charge is -2.10. The highest BCUT2D eigenvalue weighted by molar-refractivity contribution is 5.88. The maximum atomic E-state index is 11.0. The molecule has 0 bridgehead atoms. The fourth-order valence-corrected chi connectivity index (χ4v) is 1.86. The van der Waals surface area contributed by atoms with E-state index in [4.69, 9.17) is 0 Å². The Morgan fingerprint density at radius 2 is 1.81 bits per heavy atom. The van der Waals surface area contributed by atoms with E-state index in [-0.39, 0.29) is 5.91 Å². The molecule has 0 saturated carbocycles. The molecule has 0 radical (unpaired) electrons. The van der Waals surface area contributed by atoms with Crippen molar-refractivity contribution in [2.24, 2.45) is 0 Å². The second-order valence-electron chi connectivity index (χ2n) is 4.63. The van der Waals surface area contributed by atoms with Gasteiger partial charge in [0.15, 0.2) is 0 Å². The first kappa shape index (κ1) is 14.8. The zero-order valence-corrected chi connectivity index (χ0v) is 12.4. The third-order valence-electron chi connectivity index (χ3n) is 2.67. The molecule has 0 aliphatic carbocycles. The van der Waals surface area contributed by atoms with Crippen LogP contribution in [0.5, 0.6) is 0 Å². The number of hydrogen-bond donors (Lipinski definition) is 3. The lowest BCUT2D eigenvalue weighted by molar-refractivity contribution is -0.114. The largest absolute Gasteiger partial charge is 0.354 e. The molecule has 21 heavy (non-hydrogen) atoms. The molecule has 0 unspecified atom stereocenters. The summed E-state index contributed by atoms with van der Waals surface area (Å²) in [6, 6.07) is 9.32. The van der Waals surface area contributed by atoms with Gasteiger partial charge in [0.05, 0.1) is 0 Å². The van der Waals surface area contributed by atoms with Gasteiger partial charge in [-0.05, 0) is 38.1 Å². The lowest BCUT2D eigenvalue weighted by atomic mass is 10.2. The van der Waals surface area contributed by atoms with Gasteiger partial charge in [-0.15, -0.1) is 0 Å². The highest BCUT2D eigenvalue weighted by atomic mass is 16.1. The van der Waals surface area contributed by atoms with Crippen LogP contribution in [0, 0.1) is 6.92 Å². The summed E-state index contributed by atoms with van der Waals surface area (Å²) in [6.07, 6.45) is 0. The molecule has 2 rings (SSSR count). The van der Waals surface area contributed by atoms with Crippen molar-refractivity contribution in [1.29, 1.82) is 0 Å². The average molecular weight is 285 g/mol. The van der Waals surface area contributed by atoms with E-state index < -0.39 is 0 Å². The zero-order valence-electron chi connectivity index (χ0n) is 12.4. The van der Waals surface area contributed by atoms with Crippen molar-refractivity contribution >= 4 is 29.0 Å². The zero-order chi connectivity index (χ0) is 15.2. The maximum Gasteiger partial charge on any atom is 0.224 e. The van der Waals surface area contributed by atoms with Crippen LogP contribution >= 0.6 is 0 Å². The minimum absolute atomic E-state index is 0.0857. The molecular formula is C15H19N5O. The summed E-state index contributed by atoms with van der Waals surface area (Å²) < 4.78 is 0. The topological polar surface area (TPSA) is 78.9 Å². The summed E-state index contributed by atoms with van der Waals surface area (Å²) in [5.74, 6) is 1.25. The van der Waals surface area contributed by atoms with Crippen molar-refractivity contribution in [1.82, 2.24) is 9.97 Å². The number of rotatable bonds is 5. The van der Waals surface area contributed by atoms with Crippen LogP contribution in [0.3, 0.4) is 0 Å². The van der Waals surface area contributed by atoms with Crippen molar-refractivity contribution in [2.75, 3.05) is 22.5 Å². The predicted octanol–water partition coefficient (Wildman–Crippen LogP) is 2.92. The van der Waals surface area contributed by atoms with E-state index >= 15 is 0 Å². The summed E-state index contributed by atoms with van der Waals surface area (Å²) in [5.41, 5.74) is 2.54. The van der Waals surface area contributed by atoms with E-state index in [0.29, 0.717) is 5.95 Å². The van der Waals surface area contributed by atoms with Crippen molar-refractivity contribution in [3.63, 3.8) is 0 Å². The highest BCUT2D eigenvalue weighted by Gasteiger charge is 2.02. The number of aromatic nitrogens is 2. The molecule has 3 N–H and O–H groups in total. The van der Waals surface area contributed by atoms with Crippen LogP contribution in [-0.2, 0) is 4.79 Å². The van der Waals surface area contributed by atoms with E-state index in [1.54, 1.807) is 0 Å². The first-order chi connectivity index (χ1) is 10.1. The molecule has 1 aromatic carbocycles. The van der Waals surface area contributed by atoms with Crippen molar-refractivity contribution < 1.29 is 4.79 Å². The quantitative estimate of drug-likeness (QED) is 0.787. The summed E-state index contributed by atoms with van der Waals surface area (Å²) in [4.78, 5) is 19.7. The summed E-state index contributed by atoms with van der Waals surface area (Å²) in [5, 5.41) is 9.04. The first-order valence-electron chi connectivity index (χ1n) is 6.81. The van der Waals surface area contributed by atoms with E-state index in [1.807, 2.05) is 44.2 Å². The summed E-state index contributed by atoms with van der Waals surface area (Å²) in [7, 11) is 0. The number of aryl methyl sites for hydroxylation is 1. The minimum Gasteiger partial charge on any atom is -0.354 e. The normalized spacial score (nSPS) is 10.0. The Morgan fingerprint density at radius 3 is 2.43 bits per heavy atom. The van der Waals surface area contributed by atoms with Gasteiger partial charge in [0.1, 0.15) is 5.82 Å². The smallest absolute Gasteiger partial charge is 0.224 e. The Bertz CT molecular complexity index is 624. The molecule has 1 heterocycles. The van der Waals surface area contributed by atoms with Gasteiger partial charge in [-0.25, -0.2) is 4.98 Å². The molecule has 110 valence electrons. The third kappa shape index (κ3) is 4.45. The van der Waals surface area contributed by atoms with Gasteiger partial charge in [0.2, 0.25) is 11.9 Å². The van der Waals surface area contributed by atoms with Crippen LogP contribution < -0.4 is 16.0 Å². The SMILES string of the molecule is CCNc1nc(C)cc(Nc2ccc(NC(C)=O)cc2)n1. The van der Waals surface area contributed by atoms with Crippen molar-refractivity contribution in [2.45, 2.75) is 20.8 Å². The van der Waals surface area contributed by atoms with Crippen LogP contribution in [0.1, 0.15) is 19.5 Å². The van der Waals surface area contributed by atoms with E-state index in [1.165, 1.54) is 6.92 Å². The molecule has 6 heteroatoms. The van der Waals surface area contributed by atoms with Crippen LogP contribution in [0.15, 0.2) is 30.3 Å². The molecule has 0 saturated heterocycles. The molecule has 0 spiro atoms. The number of anilines is 4. The van der Waals surface area contributed by atoms with E-state index in [2.05, 4.69) is 25.9 Å². The van der Waals surface area contributed by atoms with Gasteiger partial charge in [-0.2, -0.15) is 4.98 Å². The van der Waals surface area contributed by atoms with Gasteiger partial charge < -0.3 is 16.0 Å². The highest BCUT2D eigenvalue weighted by Crippen LogP contribution is 2.19. The molecule has 1 aromatic heterocycles. The van der Waals surface area contributed by atoms with Crippen LogP contribution in [0.2, 0.25) is 0 Å². The average Bonchev–Trinajstić information content (AvgIpc) is 2.40. The second kappa shape index (κ2) is 6.69. The molecule has 0 atom stereocenters. The van der Waals surface area contributed by atoms with Crippen LogP contribution in [0.25, 0.3) is 0 Å².